The second-order valence-electron chi connectivity index (χ2n) is 9.36. The highest BCUT2D eigenvalue weighted by atomic mass is 16.5. The first-order valence-corrected chi connectivity index (χ1v) is 10.4. The molecule has 4 rings (SSSR count). The van der Waals surface area contributed by atoms with Crippen LogP contribution in [-0.4, -0.2) is 21.2 Å². The maximum atomic E-state index is 12.9. The molecule has 0 saturated carbocycles. The molecule has 0 spiro atoms. The average molecular weight is 404 g/mol. The third-order valence-electron chi connectivity index (χ3n) is 6.01. The van der Waals surface area contributed by atoms with Crippen molar-refractivity contribution in [3.63, 3.8) is 0 Å². The molecule has 3 aromatic rings. The molecule has 0 radical (unpaired) electrons. The van der Waals surface area contributed by atoms with Crippen molar-refractivity contribution in [3.8, 4) is 11.1 Å². The number of rotatable bonds is 3. The van der Waals surface area contributed by atoms with Gasteiger partial charge in [-0.2, -0.15) is 0 Å². The molecule has 0 fully saturated rings. The predicted octanol–water partition coefficient (Wildman–Crippen LogP) is 5.50. The zero-order valence-electron chi connectivity index (χ0n) is 18.8. The molecule has 3 heterocycles. The molecule has 0 N–H and O–H groups in total. The van der Waals surface area contributed by atoms with Gasteiger partial charge in [0, 0.05) is 47.5 Å². The lowest BCUT2D eigenvalue weighted by atomic mass is 9.86. The molecular formula is C25H29N3O2. The van der Waals surface area contributed by atoms with Crippen LogP contribution in [0.15, 0.2) is 40.0 Å². The molecule has 5 nitrogen and oxygen atoms in total. The van der Waals surface area contributed by atoms with Crippen LogP contribution in [0.2, 0.25) is 0 Å². The van der Waals surface area contributed by atoms with Crippen LogP contribution in [0.1, 0.15) is 67.1 Å². The Morgan fingerprint density at radius 1 is 1.10 bits per heavy atom. The third kappa shape index (κ3) is 3.32. The van der Waals surface area contributed by atoms with E-state index in [0.29, 0.717) is 5.76 Å². The Morgan fingerprint density at radius 3 is 2.40 bits per heavy atom. The van der Waals surface area contributed by atoms with Crippen molar-refractivity contribution in [3.05, 3.63) is 64.3 Å². The number of aryl methyl sites for hydroxylation is 3. The van der Waals surface area contributed by atoms with Gasteiger partial charge in [0.1, 0.15) is 11.8 Å². The maximum absolute atomic E-state index is 12.9. The summed E-state index contributed by atoms with van der Waals surface area (Å²) in [4.78, 5) is 18.1. The molecule has 0 amide bonds. The molecule has 1 aliphatic heterocycles. The van der Waals surface area contributed by atoms with Crippen LogP contribution in [0.5, 0.6) is 0 Å². The summed E-state index contributed by atoms with van der Waals surface area (Å²) in [6.07, 6.45) is 2.40. The summed E-state index contributed by atoms with van der Waals surface area (Å²) in [5.41, 5.74) is 7.76. The molecule has 0 aliphatic carbocycles. The molecule has 1 aliphatic rings. The fourth-order valence-electron chi connectivity index (χ4n) is 3.99. The van der Waals surface area contributed by atoms with Crippen molar-refractivity contribution in [2.75, 3.05) is 0 Å². The molecule has 2 aromatic heterocycles. The zero-order valence-corrected chi connectivity index (χ0v) is 18.8. The van der Waals surface area contributed by atoms with Gasteiger partial charge < -0.3 is 9.09 Å². The number of fused-ring (bicyclic) bond motifs is 3. The number of aromatic nitrogens is 2. The van der Waals surface area contributed by atoms with E-state index in [1.54, 1.807) is 0 Å². The standard InChI is InChI=1S/C25H29N3O2/c1-14-8-10-17(11-9-14)23-22-16(3)28(7)13-18(22)21-15(2)27-30-24(21)19(26-23)12-20(29)25(4,5)6/h8-11,13,19H,12H2,1-7H3/t19-/m0/s1. The van der Waals surface area contributed by atoms with Crippen molar-refractivity contribution in [1.82, 2.24) is 9.72 Å². The Morgan fingerprint density at radius 2 is 1.77 bits per heavy atom. The summed E-state index contributed by atoms with van der Waals surface area (Å²) in [5, 5.41) is 4.24. The van der Waals surface area contributed by atoms with Gasteiger partial charge in [-0.3, -0.25) is 9.79 Å². The van der Waals surface area contributed by atoms with E-state index < -0.39 is 11.5 Å². The van der Waals surface area contributed by atoms with Gasteiger partial charge in [-0.1, -0.05) is 55.8 Å². The largest absolute Gasteiger partial charge is 0.358 e. The number of nitrogens with zero attached hydrogens (tertiary/aromatic N) is 3. The third-order valence-corrected chi connectivity index (χ3v) is 6.01. The fraction of sp³-hybridized carbons (Fsp3) is 0.400. The van der Waals surface area contributed by atoms with E-state index in [2.05, 4.69) is 54.0 Å². The highest BCUT2D eigenvalue weighted by Gasteiger charge is 2.35. The van der Waals surface area contributed by atoms with E-state index in [1.165, 1.54) is 5.56 Å². The Kier molecular flexibility index (Phi) is 4.80. The number of carbonyl (C=O) groups excluding carboxylic acids is 1. The van der Waals surface area contributed by atoms with Gasteiger partial charge in [0.05, 0.1) is 17.0 Å². The summed E-state index contributed by atoms with van der Waals surface area (Å²) < 4.78 is 7.90. The van der Waals surface area contributed by atoms with Gasteiger partial charge in [0.2, 0.25) is 0 Å². The SMILES string of the molecule is Cc1ccc(C2=N[C@@H](CC(=O)C(C)(C)C)c3onc(C)c3-c3cn(C)c(C)c32)cc1. The zero-order chi connectivity index (χ0) is 21.8. The van der Waals surface area contributed by atoms with Crippen LogP contribution in [0, 0.1) is 26.2 Å². The summed E-state index contributed by atoms with van der Waals surface area (Å²) in [6, 6.07) is 8.00. The van der Waals surface area contributed by atoms with E-state index in [0.717, 1.165) is 39.4 Å². The van der Waals surface area contributed by atoms with E-state index in [4.69, 9.17) is 9.52 Å². The number of hydrogen-bond donors (Lipinski definition) is 0. The van der Waals surface area contributed by atoms with Crippen LogP contribution >= 0.6 is 0 Å². The summed E-state index contributed by atoms with van der Waals surface area (Å²) in [6.45, 7) is 12.0. The van der Waals surface area contributed by atoms with Crippen molar-refractivity contribution < 1.29 is 9.32 Å². The predicted molar refractivity (Wildman–Crippen MR) is 119 cm³/mol. The number of ketones is 1. The first-order valence-electron chi connectivity index (χ1n) is 10.4. The van der Waals surface area contributed by atoms with Crippen LogP contribution in [0.4, 0.5) is 0 Å². The van der Waals surface area contributed by atoms with Crippen LogP contribution in [0.3, 0.4) is 0 Å². The van der Waals surface area contributed by atoms with Crippen molar-refractivity contribution in [1.29, 1.82) is 0 Å². The minimum atomic E-state index is -0.439. The molecule has 30 heavy (non-hydrogen) atoms. The van der Waals surface area contributed by atoms with Crippen molar-refractivity contribution >= 4 is 11.5 Å². The smallest absolute Gasteiger partial charge is 0.169 e. The number of carbonyl (C=O) groups is 1. The van der Waals surface area contributed by atoms with Crippen LogP contribution < -0.4 is 0 Å². The number of hydrogen-bond acceptors (Lipinski definition) is 4. The van der Waals surface area contributed by atoms with Crippen LogP contribution in [0.25, 0.3) is 11.1 Å². The van der Waals surface area contributed by atoms with Gasteiger partial charge in [-0.05, 0) is 20.8 Å². The molecular weight excluding hydrogens is 374 g/mol. The highest BCUT2D eigenvalue weighted by Crippen LogP contribution is 2.43. The molecule has 156 valence electrons. The minimum Gasteiger partial charge on any atom is -0.358 e. The highest BCUT2D eigenvalue weighted by molar-refractivity contribution is 6.18. The number of Topliss-reactive ketones (excluding diaryl/α,β-unsaturated/α-hetero) is 1. The lowest BCUT2D eigenvalue weighted by Crippen LogP contribution is -2.22. The van der Waals surface area contributed by atoms with Gasteiger partial charge in [0.15, 0.2) is 5.76 Å². The second kappa shape index (κ2) is 7.08. The molecule has 0 saturated heterocycles. The van der Waals surface area contributed by atoms with Crippen LogP contribution in [-0.2, 0) is 11.8 Å². The summed E-state index contributed by atoms with van der Waals surface area (Å²) >= 11 is 0. The van der Waals surface area contributed by atoms with E-state index >= 15 is 0 Å². The topological polar surface area (TPSA) is 60.4 Å². The summed E-state index contributed by atoms with van der Waals surface area (Å²) in [5.74, 6) is 0.836. The first kappa shape index (κ1) is 20.3. The van der Waals surface area contributed by atoms with Gasteiger partial charge >= 0.3 is 0 Å². The molecule has 0 unspecified atom stereocenters. The number of aliphatic imine (C=N–C) groups is 1. The van der Waals surface area contributed by atoms with E-state index in [-0.39, 0.29) is 12.2 Å². The van der Waals surface area contributed by atoms with Gasteiger partial charge in [-0.15, -0.1) is 0 Å². The maximum Gasteiger partial charge on any atom is 0.169 e. The monoisotopic (exact) mass is 403 g/mol. The Labute approximate surface area is 177 Å². The molecule has 0 bridgehead atoms. The minimum absolute atomic E-state index is 0.156. The lowest BCUT2D eigenvalue weighted by Gasteiger charge is -2.19. The molecule has 5 heteroatoms. The quantitative estimate of drug-likeness (QED) is 0.580. The molecule has 1 aromatic carbocycles. The van der Waals surface area contributed by atoms with Crippen molar-refractivity contribution in [2.45, 2.75) is 54.0 Å². The summed E-state index contributed by atoms with van der Waals surface area (Å²) in [7, 11) is 2.04. The van der Waals surface area contributed by atoms with Gasteiger partial charge in [0.25, 0.3) is 0 Å². The Bertz CT molecular complexity index is 1150. The molecule has 1 atom stereocenters. The second-order valence-corrected chi connectivity index (χ2v) is 9.36. The van der Waals surface area contributed by atoms with E-state index in [1.807, 2.05) is 34.7 Å². The van der Waals surface area contributed by atoms with E-state index in [9.17, 15) is 4.79 Å². The lowest BCUT2D eigenvalue weighted by molar-refractivity contribution is -0.126. The normalized spacial score (nSPS) is 16.0. The Hall–Kier alpha value is -2.95. The Balaban J connectivity index is 1.98. The van der Waals surface area contributed by atoms with Crippen molar-refractivity contribution in [2.24, 2.45) is 17.5 Å². The number of benzene rings is 1. The van der Waals surface area contributed by atoms with Gasteiger partial charge in [-0.25, -0.2) is 0 Å². The first-order chi connectivity index (χ1) is 14.1. The average Bonchev–Trinajstić information content (AvgIpc) is 3.14. The fourth-order valence-corrected chi connectivity index (χ4v) is 3.99.